The molecule has 2 heteroatoms. The van der Waals surface area contributed by atoms with Crippen molar-refractivity contribution >= 4 is 39.0 Å². The van der Waals surface area contributed by atoms with Gasteiger partial charge in [0.2, 0.25) is 0 Å². The van der Waals surface area contributed by atoms with Crippen molar-refractivity contribution in [2.45, 2.75) is 5.41 Å². The number of rotatable bonds is 5. The van der Waals surface area contributed by atoms with E-state index in [9.17, 15) is 0 Å². The third-order valence-corrected chi connectivity index (χ3v) is 12.3. The Balaban J connectivity index is 1.06. The summed E-state index contributed by atoms with van der Waals surface area (Å²) in [6, 6.07) is 77.4. The minimum Gasteiger partial charge on any atom is -0.455 e. The Morgan fingerprint density at radius 3 is 1.56 bits per heavy atom. The molecule has 0 saturated heterocycles. The fourth-order valence-electron chi connectivity index (χ4n) is 9.95. The Hall–Kier alpha value is -7.42. The maximum Gasteiger partial charge on any atom is 0.143 e. The summed E-state index contributed by atoms with van der Waals surface area (Å²) in [7, 11) is 0. The van der Waals surface area contributed by atoms with Crippen LogP contribution in [-0.2, 0) is 5.41 Å². The highest BCUT2D eigenvalue weighted by Crippen LogP contribution is 2.63. The highest BCUT2D eigenvalue weighted by Gasteiger charge is 2.51. The van der Waals surface area contributed by atoms with Crippen molar-refractivity contribution in [3.63, 3.8) is 0 Å². The van der Waals surface area contributed by atoms with Gasteiger partial charge in [0.05, 0.1) is 11.1 Å². The van der Waals surface area contributed by atoms with E-state index in [2.05, 4.69) is 205 Å². The maximum absolute atomic E-state index is 6.46. The SMILES string of the molecule is c1ccc(-c2ccccc2N(c2ccc(-c3cccc4c3oc3ccccc34)cc2)c2ccc3c(c2)-c2ccccc2C32c3ccccc3-c3ccccc32)cc1. The Labute approximate surface area is 331 Å². The largest absolute Gasteiger partial charge is 0.455 e. The molecule has 10 aromatic rings. The van der Waals surface area contributed by atoms with Gasteiger partial charge in [0.1, 0.15) is 11.2 Å². The van der Waals surface area contributed by atoms with E-state index in [4.69, 9.17) is 4.42 Å². The molecule has 0 bridgehead atoms. The first-order chi connectivity index (χ1) is 28.3. The number of hydrogen-bond donors (Lipinski definition) is 0. The molecule has 0 fully saturated rings. The summed E-state index contributed by atoms with van der Waals surface area (Å²) >= 11 is 0. The van der Waals surface area contributed by atoms with Crippen LogP contribution >= 0.6 is 0 Å². The van der Waals surface area contributed by atoms with Crippen LogP contribution in [0, 0.1) is 0 Å². The lowest BCUT2D eigenvalue weighted by Crippen LogP contribution is -2.25. The van der Waals surface area contributed by atoms with Gasteiger partial charge in [-0.15, -0.1) is 0 Å². The van der Waals surface area contributed by atoms with Crippen LogP contribution in [0.1, 0.15) is 22.3 Å². The molecule has 1 aromatic heterocycles. The van der Waals surface area contributed by atoms with Crippen LogP contribution in [0.15, 0.2) is 217 Å². The van der Waals surface area contributed by atoms with Crippen molar-refractivity contribution in [3.05, 3.63) is 235 Å². The third-order valence-electron chi connectivity index (χ3n) is 12.3. The van der Waals surface area contributed by atoms with Crippen molar-refractivity contribution in [2.24, 2.45) is 0 Å². The summed E-state index contributed by atoms with van der Waals surface area (Å²) in [5, 5.41) is 2.27. The van der Waals surface area contributed by atoms with Crippen LogP contribution in [0.5, 0.6) is 0 Å². The van der Waals surface area contributed by atoms with Gasteiger partial charge >= 0.3 is 0 Å². The topological polar surface area (TPSA) is 16.4 Å². The zero-order valence-electron chi connectivity index (χ0n) is 31.1. The predicted molar refractivity (Wildman–Crippen MR) is 236 cm³/mol. The summed E-state index contributed by atoms with van der Waals surface area (Å²) in [4.78, 5) is 2.43. The normalized spacial score (nSPS) is 13.1. The fraction of sp³-hybridized carbons (Fsp3) is 0.0182. The first-order valence-electron chi connectivity index (χ1n) is 19.7. The van der Waals surface area contributed by atoms with Gasteiger partial charge in [-0.1, -0.05) is 176 Å². The van der Waals surface area contributed by atoms with Gasteiger partial charge in [0.25, 0.3) is 0 Å². The highest BCUT2D eigenvalue weighted by molar-refractivity contribution is 6.09. The lowest BCUT2D eigenvalue weighted by atomic mass is 9.70. The van der Waals surface area contributed by atoms with Crippen LogP contribution in [-0.4, -0.2) is 0 Å². The Bertz CT molecular complexity index is 3140. The van der Waals surface area contributed by atoms with Crippen molar-refractivity contribution in [1.82, 2.24) is 0 Å². The number of hydrogen-bond acceptors (Lipinski definition) is 2. The quantitative estimate of drug-likeness (QED) is 0.176. The number of furan rings is 1. The molecule has 1 heterocycles. The van der Waals surface area contributed by atoms with Gasteiger partial charge in [0.15, 0.2) is 0 Å². The Morgan fingerprint density at radius 2 is 0.842 bits per heavy atom. The molecule has 0 amide bonds. The van der Waals surface area contributed by atoms with Crippen molar-refractivity contribution in [2.75, 3.05) is 4.90 Å². The molecular formula is C55H35NO. The van der Waals surface area contributed by atoms with Gasteiger partial charge in [-0.3, -0.25) is 0 Å². The summed E-state index contributed by atoms with van der Waals surface area (Å²) < 4.78 is 6.46. The van der Waals surface area contributed by atoms with Gasteiger partial charge in [-0.05, 0) is 92.0 Å². The molecule has 0 aliphatic heterocycles. The molecule has 0 N–H and O–H groups in total. The minimum absolute atomic E-state index is 0.385. The zero-order chi connectivity index (χ0) is 37.5. The predicted octanol–water partition coefficient (Wildman–Crippen LogP) is 14.7. The van der Waals surface area contributed by atoms with Crippen molar-refractivity contribution in [3.8, 4) is 44.5 Å². The third kappa shape index (κ3) is 4.53. The number of benzene rings is 9. The Morgan fingerprint density at radius 1 is 0.333 bits per heavy atom. The van der Waals surface area contributed by atoms with Crippen molar-refractivity contribution in [1.29, 1.82) is 0 Å². The summed E-state index contributed by atoms with van der Waals surface area (Å²) in [5.74, 6) is 0. The van der Waals surface area contributed by atoms with Gasteiger partial charge in [0, 0.05) is 33.3 Å². The van der Waals surface area contributed by atoms with Gasteiger partial charge < -0.3 is 9.32 Å². The number of para-hydroxylation sites is 3. The monoisotopic (exact) mass is 725 g/mol. The lowest BCUT2D eigenvalue weighted by Gasteiger charge is -2.31. The summed E-state index contributed by atoms with van der Waals surface area (Å²) in [6.07, 6.45) is 0. The second-order valence-electron chi connectivity index (χ2n) is 15.2. The zero-order valence-corrected chi connectivity index (χ0v) is 31.1. The standard InChI is InChI=1S/C55H35NO/c1-2-15-36(16-3-1)40-17-7-12-27-52(40)56(38-31-29-37(30-32-38)41-22-14-23-46-45-21-8-13-28-53(45)57-54(41)46)39-33-34-51-47(35-39)44-20-6-11-26-50(44)55(51)48-24-9-4-18-42(48)43-19-5-10-25-49(43)55/h1-35H. The van der Waals surface area contributed by atoms with Crippen LogP contribution < -0.4 is 4.90 Å². The van der Waals surface area contributed by atoms with E-state index in [0.717, 1.165) is 50.1 Å². The molecule has 0 radical (unpaired) electrons. The molecule has 57 heavy (non-hydrogen) atoms. The number of fused-ring (bicyclic) bond motifs is 13. The molecule has 0 unspecified atom stereocenters. The van der Waals surface area contributed by atoms with E-state index in [1.165, 1.54) is 55.6 Å². The van der Waals surface area contributed by atoms with E-state index < -0.39 is 0 Å². The average Bonchev–Trinajstić information content (AvgIpc) is 3.91. The molecule has 0 atom stereocenters. The van der Waals surface area contributed by atoms with Gasteiger partial charge in [-0.2, -0.15) is 0 Å². The van der Waals surface area contributed by atoms with Gasteiger partial charge in [-0.25, -0.2) is 0 Å². The van der Waals surface area contributed by atoms with Crippen LogP contribution in [0.2, 0.25) is 0 Å². The van der Waals surface area contributed by atoms with E-state index >= 15 is 0 Å². The molecule has 2 aliphatic carbocycles. The molecule has 2 nitrogen and oxygen atoms in total. The number of nitrogens with zero attached hydrogens (tertiary/aromatic N) is 1. The fourth-order valence-corrected chi connectivity index (χ4v) is 9.95. The van der Waals surface area contributed by atoms with E-state index in [1.807, 2.05) is 12.1 Å². The molecule has 2 aliphatic rings. The molecular weight excluding hydrogens is 691 g/mol. The van der Waals surface area contributed by atoms with Crippen LogP contribution in [0.3, 0.4) is 0 Å². The van der Waals surface area contributed by atoms with E-state index in [1.54, 1.807) is 0 Å². The second kappa shape index (κ2) is 12.3. The smallest absolute Gasteiger partial charge is 0.143 e. The minimum atomic E-state index is -0.385. The van der Waals surface area contributed by atoms with Crippen LogP contribution in [0.4, 0.5) is 17.1 Å². The van der Waals surface area contributed by atoms with E-state index in [0.29, 0.717) is 0 Å². The molecule has 1 spiro atoms. The van der Waals surface area contributed by atoms with E-state index in [-0.39, 0.29) is 5.41 Å². The molecule has 9 aromatic carbocycles. The Kier molecular flexibility index (Phi) is 6.88. The first kappa shape index (κ1) is 31.9. The molecule has 0 saturated carbocycles. The second-order valence-corrected chi connectivity index (χ2v) is 15.2. The average molecular weight is 726 g/mol. The summed E-state index contributed by atoms with van der Waals surface area (Å²) in [6.45, 7) is 0. The molecule has 266 valence electrons. The first-order valence-corrected chi connectivity index (χ1v) is 19.7. The summed E-state index contributed by atoms with van der Waals surface area (Å²) in [5.41, 5.74) is 19.9. The van der Waals surface area contributed by atoms with Crippen LogP contribution in [0.25, 0.3) is 66.4 Å². The molecule has 12 rings (SSSR count). The highest BCUT2D eigenvalue weighted by atomic mass is 16.3. The maximum atomic E-state index is 6.46. The van der Waals surface area contributed by atoms with Crippen molar-refractivity contribution < 1.29 is 4.42 Å². The lowest BCUT2D eigenvalue weighted by molar-refractivity contribution is 0.670. The number of anilines is 3.